The number of halogens is 2. The Hall–Kier alpha value is -1.75. The molecule has 0 amide bonds. The second-order valence-corrected chi connectivity index (χ2v) is 4.29. The summed E-state index contributed by atoms with van der Waals surface area (Å²) in [4.78, 5) is 0. The van der Waals surface area contributed by atoms with E-state index in [1.165, 1.54) is 16.8 Å². The number of hydrogen-bond donors (Lipinski definition) is 1. The van der Waals surface area contributed by atoms with Gasteiger partial charge >= 0.3 is 0 Å². The number of nitrogens with zero attached hydrogens (tertiary/aromatic N) is 2. The summed E-state index contributed by atoms with van der Waals surface area (Å²) in [5.41, 5.74) is 7.20. The van der Waals surface area contributed by atoms with Crippen molar-refractivity contribution in [3.8, 4) is 5.69 Å². The molecule has 0 atom stereocenters. The molecule has 2 rings (SSSR count). The molecule has 0 spiro atoms. The average Bonchev–Trinajstić information content (AvgIpc) is 2.57. The van der Waals surface area contributed by atoms with Gasteiger partial charge in [-0.1, -0.05) is 0 Å². The molecule has 0 aliphatic carbocycles. The van der Waals surface area contributed by atoms with Crippen molar-refractivity contribution in [3.63, 3.8) is 0 Å². The first kappa shape index (κ1) is 12.7. The van der Waals surface area contributed by atoms with E-state index in [0.29, 0.717) is 24.2 Å². The fourth-order valence-corrected chi connectivity index (χ4v) is 1.99. The summed E-state index contributed by atoms with van der Waals surface area (Å²) in [5.74, 6) is -1.24. The fraction of sp³-hybridized carbons (Fsp3) is 0.308. The summed E-state index contributed by atoms with van der Waals surface area (Å²) in [5, 5.41) is 4.09. The van der Waals surface area contributed by atoms with Crippen molar-refractivity contribution in [2.24, 2.45) is 5.73 Å². The second-order valence-electron chi connectivity index (χ2n) is 4.29. The molecule has 1 aromatic carbocycles. The predicted molar refractivity (Wildman–Crippen MR) is 65.7 cm³/mol. The van der Waals surface area contributed by atoms with Crippen molar-refractivity contribution in [2.75, 3.05) is 6.54 Å². The summed E-state index contributed by atoms with van der Waals surface area (Å²) in [6.45, 7) is 3.90. The van der Waals surface area contributed by atoms with E-state index in [1.807, 2.05) is 0 Å². The molecular weight excluding hydrogens is 236 g/mol. The van der Waals surface area contributed by atoms with Gasteiger partial charge in [0.2, 0.25) is 0 Å². The molecule has 1 heterocycles. The Kier molecular flexibility index (Phi) is 3.43. The van der Waals surface area contributed by atoms with E-state index in [2.05, 4.69) is 5.10 Å². The molecule has 0 saturated heterocycles. The smallest absolute Gasteiger partial charge is 0.152 e. The Bertz CT molecular complexity index is 553. The third kappa shape index (κ3) is 2.26. The third-order valence-corrected chi connectivity index (χ3v) is 2.73. The highest BCUT2D eigenvalue weighted by Crippen LogP contribution is 2.21. The Balaban J connectivity index is 2.55. The fourth-order valence-electron chi connectivity index (χ4n) is 1.99. The minimum absolute atomic E-state index is 0.138. The van der Waals surface area contributed by atoms with Gasteiger partial charge in [0, 0.05) is 5.69 Å². The van der Waals surface area contributed by atoms with Crippen LogP contribution in [0.1, 0.15) is 17.0 Å². The summed E-state index contributed by atoms with van der Waals surface area (Å²) in [6.07, 6.45) is 0.450. The van der Waals surface area contributed by atoms with Crippen LogP contribution in [0.4, 0.5) is 8.78 Å². The highest BCUT2D eigenvalue weighted by Gasteiger charge is 2.15. The number of rotatable bonds is 3. The van der Waals surface area contributed by atoms with Gasteiger partial charge in [0.25, 0.3) is 0 Å². The van der Waals surface area contributed by atoms with Crippen LogP contribution in [-0.2, 0) is 6.42 Å². The van der Waals surface area contributed by atoms with Crippen LogP contribution >= 0.6 is 0 Å². The highest BCUT2D eigenvalue weighted by atomic mass is 19.1. The van der Waals surface area contributed by atoms with Crippen LogP contribution in [0.25, 0.3) is 5.69 Å². The van der Waals surface area contributed by atoms with Crippen LogP contribution < -0.4 is 5.73 Å². The first-order valence-corrected chi connectivity index (χ1v) is 5.74. The van der Waals surface area contributed by atoms with E-state index in [1.54, 1.807) is 19.9 Å². The van der Waals surface area contributed by atoms with Gasteiger partial charge in [-0.25, -0.2) is 13.5 Å². The quantitative estimate of drug-likeness (QED) is 0.909. The summed E-state index contributed by atoms with van der Waals surface area (Å²) in [7, 11) is 0. The predicted octanol–water partition coefficient (Wildman–Crippen LogP) is 2.27. The Labute approximate surface area is 104 Å². The van der Waals surface area contributed by atoms with E-state index in [9.17, 15) is 8.78 Å². The second kappa shape index (κ2) is 4.86. The van der Waals surface area contributed by atoms with Crippen molar-refractivity contribution in [1.82, 2.24) is 9.78 Å². The van der Waals surface area contributed by atoms with Gasteiger partial charge in [-0.05, 0) is 50.6 Å². The minimum Gasteiger partial charge on any atom is -0.330 e. The van der Waals surface area contributed by atoms with Crippen molar-refractivity contribution in [3.05, 3.63) is 46.8 Å². The standard InChI is InChI=1S/C13H15F2N3/c1-8-5-9(2)18(17-8)13-11(14)6-10(3-4-16)7-12(13)15/h5-7H,3-4,16H2,1-2H3. The van der Waals surface area contributed by atoms with Gasteiger partial charge in [-0.3, -0.25) is 0 Å². The summed E-state index contributed by atoms with van der Waals surface area (Å²) in [6, 6.07) is 4.39. The van der Waals surface area contributed by atoms with Crippen LogP contribution in [0.2, 0.25) is 0 Å². The lowest BCUT2D eigenvalue weighted by molar-refractivity contribution is 0.554. The molecule has 96 valence electrons. The molecule has 18 heavy (non-hydrogen) atoms. The van der Waals surface area contributed by atoms with Crippen LogP contribution in [0.5, 0.6) is 0 Å². The Morgan fingerprint density at radius 1 is 1.17 bits per heavy atom. The maximum atomic E-state index is 14.0. The number of aryl methyl sites for hydroxylation is 2. The largest absolute Gasteiger partial charge is 0.330 e. The van der Waals surface area contributed by atoms with Crippen molar-refractivity contribution in [2.45, 2.75) is 20.3 Å². The third-order valence-electron chi connectivity index (χ3n) is 2.73. The number of hydrogen-bond acceptors (Lipinski definition) is 2. The molecule has 0 saturated carbocycles. The maximum absolute atomic E-state index is 14.0. The first-order valence-electron chi connectivity index (χ1n) is 5.74. The topological polar surface area (TPSA) is 43.8 Å². The van der Waals surface area contributed by atoms with E-state index in [-0.39, 0.29) is 5.69 Å². The van der Waals surface area contributed by atoms with Crippen molar-refractivity contribution < 1.29 is 8.78 Å². The zero-order valence-corrected chi connectivity index (χ0v) is 10.4. The molecule has 2 N–H and O–H groups in total. The minimum atomic E-state index is -0.621. The molecule has 0 unspecified atom stereocenters. The van der Waals surface area contributed by atoms with E-state index >= 15 is 0 Å². The molecule has 0 aliphatic rings. The SMILES string of the molecule is Cc1cc(C)n(-c2c(F)cc(CCN)cc2F)n1. The van der Waals surface area contributed by atoms with E-state index in [4.69, 9.17) is 5.73 Å². The molecule has 3 nitrogen and oxygen atoms in total. The van der Waals surface area contributed by atoms with E-state index in [0.717, 1.165) is 5.69 Å². The van der Waals surface area contributed by atoms with Gasteiger partial charge < -0.3 is 5.73 Å². The zero-order chi connectivity index (χ0) is 13.3. The normalized spacial score (nSPS) is 10.9. The molecule has 0 aliphatic heterocycles. The van der Waals surface area contributed by atoms with Crippen LogP contribution in [0, 0.1) is 25.5 Å². The summed E-state index contributed by atoms with van der Waals surface area (Å²) >= 11 is 0. The number of nitrogens with two attached hydrogens (primary N) is 1. The lowest BCUT2D eigenvalue weighted by atomic mass is 10.1. The maximum Gasteiger partial charge on any atom is 0.152 e. The van der Waals surface area contributed by atoms with Gasteiger partial charge in [-0.15, -0.1) is 0 Å². The molecule has 5 heteroatoms. The molecule has 2 aromatic rings. The monoisotopic (exact) mass is 251 g/mol. The first-order chi connectivity index (χ1) is 8.52. The van der Waals surface area contributed by atoms with Crippen molar-refractivity contribution >= 4 is 0 Å². The van der Waals surface area contributed by atoms with E-state index < -0.39 is 11.6 Å². The molecule has 1 aromatic heterocycles. The number of benzene rings is 1. The lowest BCUT2D eigenvalue weighted by Crippen LogP contribution is -2.08. The Morgan fingerprint density at radius 3 is 2.22 bits per heavy atom. The van der Waals surface area contributed by atoms with Gasteiger partial charge in [-0.2, -0.15) is 5.10 Å². The van der Waals surface area contributed by atoms with Gasteiger partial charge in [0.15, 0.2) is 11.6 Å². The highest BCUT2D eigenvalue weighted by molar-refractivity contribution is 5.39. The van der Waals surface area contributed by atoms with Crippen LogP contribution in [0.15, 0.2) is 18.2 Å². The van der Waals surface area contributed by atoms with Gasteiger partial charge in [0.1, 0.15) is 5.69 Å². The zero-order valence-electron chi connectivity index (χ0n) is 10.4. The van der Waals surface area contributed by atoms with Crippen molar-refractivity contribution in [1.29, 1.82) is 0 Å². The lowest BCUT2D eigenvalue weighted by Gasteiger charge is -2.09. The number of aromatic nitrogens is 2. The average molecular weight is 251 g/mol. The van der Waals surface area contributed by atoms with Crippen LogP contribution in [0.3, 0.4) is 0 Å². The molecule has 0 bridgehead atoms. The summed E-state index contributed by atoms with van der Waals surface area (Å²) < 4.78 is 29.2. The molecular formula is C13H15F2N3. The molecule has 0 fully saturated rings. The van der Waals surface area contributed by atoms with Crippen LogP contribution in [-0.4, -0.2) is 16.3 Å². The Morgan fingerprint density at radius 2 is 1.78 bits per heavy atom. The molecule has 0 radical (unpaired) electrons. The van der Waals surface area contributed by atoms with Gasteiger partial charge in [0.05, 0.1) is 5.69 Å².